The van der Waals surface area contributed by atoms with Crippen LogP contribution in [0, 0.1) is 0 Å². The lowest BCUT2D eigenvalue weighted by atomic mass is 10.1. The molecule has 118 valence electrons. The Morgan fingerprint density at radius 2 is 2.22 bits per heavy atom. The Kier molecular flexibility index (Phi) is 4.62. The van der Waals surface area contributed by atoms with Gasteiger partial charge in [-0.25, -0.2) is 4.39 Å². The first-order valence-corrected chi connectivity index (χ1v) is 7.99. The molecule has 1 aliphatic carbocycles. The number of amidine groups is 1. The van der Waals surface area contributed by atoms with Crippen LogP contribution in [0.2, 0.25) is 0 Å². The molecule has 0 saturated carbocycles. The highest BCUT2D eigenvalue weighted by atomic mass is 32.2. The molecular formula is C17H15FN2O2S. The van der Waals surface area contributed by atoms with E-state index < -0.39 is 0 Å². The van der Waals surface area contributed by atoms with Crippen LogP contribution in [0.25, 0.3) is 6.08 Å². The molecule has 0 saturated heterocycles. The van der Waals surface area contributed by atoms with Gasteiger partial charge in [0.15, 0.2) is 5.17 Å². The SMILES string of the molecule is NC1=NC(=O)/C(=C\c2ccccc2OCC2=C(F)CCC=C2)S1. The zero-order valence-electron chi connectivity index (χ0n) is 12.3. The molecule has 1 aliphatic heterocycles. The van der Waals surface area contributed by atoms with E-state index in [1.54, 1.807) is 18.2 Å². The average Bonchev–Trinajstić information content (AvgIpc) is 2.85. The smallest absolute Gasteiger partial charge is 0.286 e. The number of halogens is 1. The van der Waals surface area contributed by atoms with Gasteiger partial charge in [-0.15, -0.1) is 0 Å². The maximum atomic E-state index is 13.7. The van der Waals surface area contributed by atoms with E-state index >= 15 is 0 Å². The Balaban J connectivity index is 1.78. The first kappa shape index (κ1) is 15.6. The van der Waals surface area contributed by atoms with Gasteiger partial charge in [-0.2, -0.15) is 4.99 Å². The fourth-order valence-electron chi connectivity index (χ4n) is 2.27. The standard InChI is InChI=1S/C17H15FN2O2S/c18-13-7-3-1-6-12(13)10-22-14-8-4-2-5-11(14)9-15-16(21)20-17(19)23-15/h1-2,4-6,8-9H,3,7,10H2,(H2,19,20,21)/b15-9+. The minimum atomic E-state index is -0.355. The van der Waals surface area contributed by atoms with Crippen molar-refractivity contribution in [2.75, 3.05) is 6.61 Å². The van der Waals surface area contributed by atoms with Crippen LogP contribution in [0.3, 0.4) is 0 Å². The third-order valence-electron chi connectivity index (χ3n) is 3.42. The molecule has 23 heavy (non-hydrogen) atoms. The lowest BCUT2D eigenvalue weighted by Gasteiger charge is -2.13. The van der Waals surface area contributed by atoms with Crippen molar-refractivity contribution in [1.29, 1.82) is 0 Å². The van der Waals surface area contributed by atoms with Gasteiger partial charge in [0.25, 0.3) is 5.91 Å². The Morgan fingerprint density at radius 1 is 1.39 bits per heavy atom. The Bertz CT molecular complexity index is 766. The molecule has 0 bridgehead atoms. The molecule has 1 heterocycles. The number of amides is 1. The van der Waals surface area contributed by atoms with Gasteiger partial charge in [0.1, 0.15) is 18.2 Å². The normalized spacial score (nSPS) is 19.4. The molecular weight excluding hydrogens is 315 g/mol. The largest absolute Gasteiger partial charge is 0.488 e. The van der Waals surface area contributed by atoms with Gasteiger partial charge in [0.2, 0.25) is 0 Å². The number of carbonyl (C=O) groups excluding carboxylic acids is 1. The molecule has 1 aromatic carbocycles. The van der Waals surface area contributed by atoms with Crippen molar-refractivity contribution in [2.24, 2.45) is 10.7 Å². The van der Waals surface area contributed by atoms with E-state index in [4.69, 9.17) is 10.5 Å². The minimum absolute atomic E-state index is 0.133. The predicted octanol–water partition coefficient (Wildman–Crippen LogP) is 3.57. The highest BCUT2D eigenvalue weighted by Crippen LogP contribution is 2.30. The summed E-state index contributed by atoms with van der Waals surface area (Å²) in [6.45, 7) is 0.155. The molecule has 0 aromatic heterocycles. The maximum Gasteiger partial charge on any atom is 0.286 e. The predicted molar refractivity (Wildman–Crippen MR) is 90.6 cm³/mol. The maximum absolute atomic E-state index is 13.7. The summed E-state index contributed by atoms with van der Waals surface area (Å²) in [5, 5.41) is 0.235. The number of para-hydroxylation sites is 1. The second-order valence-corrected chi connectivity index (χ2v) is 6.13. The lowest BCUT2D eigenvalue weighted by molar-refractivity contribution is -0.113. The zero-order valence-corrected chi connectivity index (χ0v) is 13.1. The number of nitrogens with zero attached hydrogens (tertiary/aromatic N) is 1. The highest BCUT2D eigenvalue weighted by Gasteiger charge is 2.20. The minimum Gasteiger partial charge on any atom is -0.488 e. The van der Waals surface area contributed by atoms with Crippen LogP contribution in [-0.4, -0.2) is 17.7 Å². The Labute approximate surface area is 137 Å². The fraction of sp³-hybridized carbons (Fsp3) is 0.176. The number of aliphatic imine (C=N–C) groups is 1. The summed E-state index contributed by atoms with van der Waals surface area (Å²) in [5.74, 6) is 0.0930. The number of rotatable bonds is 4. The van der Waals surface area contributed by atoms with E-state index in [0.717, 1.165) is 23.7 Å². The van der Waals surface area contributed by atoms with E-state index in [0.29, 0.717) is 22.6 Å². The lowest BCUT2D eigenvalue weighted by Crippen LogP contribution is -2.04. The number of thioether (sulfide) groups is 1. The fourth-order valence-corrected chi connectivity index (χ4v) is 2.94. The van der Waals surface area contributed by atoms with Gasteiger partial charge in [-0.3, -0.25) is 4.79 Å². The van der Waals surface area contributed by atoms with E-state index in [1.165, 1.54) is 0 Å². The number of carbonyl (C=O) groups is 1. The summed E-state index contributed by atoms with van der Waals surface area (Å²) in [5.41, 5.74) is 6.83. The summed E-state index contributed by atoms with van der Waals surface area (Å²) in [6.07, 6.45) is 6.52. The molecule has 0 atom stereocenters. The molecule has 0 unspecified atom stereocenters. The van der Waals surface area contributed by atoms with Crippen LogP contribution in [0.4, 0.5) is 4.39 Å². The first-order valence-electron chi connectivity index (χ1n) is 7.17. The van der Waals surface area contributed by atoms with E-state index in [1.807, 2.05) is 24.3 Å². The number of allylic oxidation sites excluding steroid dienone is 2. The number of hydrogen-bond donors (Lipinski definition) is 1. The first-order chi connectivity index (χ1) is 11.1. The Morgan fingerprint density at radius 3 is 2.96 bits per heavy atom. The summed E-state index contributed by atoms with van der Waals surface area (Å²) < 4.78 is 19.5. The molecule has 2 N–H and O–H groups in total. The van der Waals surface area contributed by atoms with Gasteiger partial charge in [-0.05, 0) is 30.3 Å². The number of nitrogens with two attached hydrogens (primary N) is 1. The second kappa shape index (κ2) is 6.83. The van der Waals surface area contributed by atoms with Crippen LogP contribution in [-0.2, 0) is 4.79 Å². The molecule has 6 heteroatoms. The van der Waals surface area contributed by atoms with Crippen LogP contribution >= 0.6 is 11.8 Å². The molecule has 2 aliphatic rings. The highest BCUT2D eigenvalue weighted by molar-refractivity contribution is 8.18. The third-order valence-corrected chi connectivity index (χ3v) is 4.24. The van der Waals surface area contributed by atoms with E-state index in [-0.39, 0.29) is 23.5 Å². The summed E-state index contributed by atoms with van der Waals surface area (Å²) >= 11 is 1.13. The molecule has 1 aromatic rings. The van der Waals surface area contributed by atoms with Gasteiger partial charge >= 0.3 is 0 Å². The van der Waals surface area contributed by atoms with Crippen molar-refractivity contribution in [2.45, 2.75) is 12.8 Å². The second-order valence-electron chi connectivity index (χ2n) is 5.06. The molecule has 3 rings (SSSR count). The van der Waals surface area contributed by atoms with Crippen molar-refractivity contribution in [3.63, 3.8) is 0 Å². The molecule has 0 radical (unpaired) electrons. The number of ether oxygens (including phenoxy) is 1. The van der Waals surface area contributed by atoms with Gasteiger partial charge < -0.3 is 10.5 Å². The quantitative estimate of drug-likeness (QED) is 0.857. The van der Waals surface area contributed by atoms with Crippen molar-refractivity contribution in [3.8, 4) is 5.75 Å². The van der Waals surface area contributed by atoms with Crippen LogP contribution < -0.4 is 10.5 Å². The summed E-state index contributed by atoms with van der Waals surface area (Å²) in [6, 6.07) is 7.28. The van der Waals surface area contributed by atoms with Crippen molar-refractivity contribution < 1.29 is 13.9 Å². The van der Waals surface area contributed by atoms with Gasteiger partial charge in [-0.1, -0.05) is 30.4 Å². The van der Waals surface area contributed by atoms with E-state index in [9.17, 15) is 9.18 Å². The van der Waals surface area contributed by atoms with Gasteiger partial charge in [0, 0.05) is 17.6 Å². The van der Waals surface area contributed by atoms with E-state index in [2.05, 4.69) is 4.99 Å². The summed E-state index contributed by atoms with van der Waals surface area (Å²) in [7, 11) is 0. The van der Waals surface area contributed by atoms with Crippen LogP contribution in [0.1, 0.15) is 18.4 Å². The molecule has 0 fully saturated rings. The average molecular weight is 330 g/mol. The molecule has 1 amide bonds. The third kappa shape index (κ3) is 3.71. The Hall–Kier alpha value is -2.34. The molecule has 4 nitrogen and oxygen atoms in total. The summed E-state index contributed by atoms with van der Waals surface area (Å²) in [4.78, 5) is 15.8. The monoisotopic (exact) mass is 330 g/mol. The van der Waals surface area contributed by atoms with Crippen molar-refractivity contribution in [3.05, 3.63) is 58.3 Å². The van der Waals surface area contributed by atoms with Crippen molar-refractivity contribution in [1.82, 2.24) is 0 Å². The molecule has 0 spiro atoms. The van der Waals surface area contributed by atoms with Crippen LogP contribution in [0.5, 0.6) is 5.75 Å². The number of benzene rings is 1. The number of hydrogen-bond acceptors (Lipinski definition) is 4. The topological polar surface area (TPSA) is 64.7 Å². The van der Waals surface area contributed by atoms with Crippen LogP contribution in [0.15, 0.2) is 57.7 Å². The van der Waals surface area contributed by atoms with Gasteiger partial charge in [0.05, 0.1) is 4.91 Å². The van der Waals surface area contributed by atoms with Crippen molar-refractivity contribution >= 4 is 28.9 Å². The zero-order chi connectivity index (χ0) is 16.2.